The average Bonchev–Trinajstić information content (AvgIpc) is 2.78. The molecule has 1 heterocycles. The fourth-order valence-corrected chi connectivity index (χ4v) is 2.95. The van der Waals surface area contributed by atoms with Gasteiger partial charge in [0.2, 0.25) is 0 Å². The highest BCUT2D eigenvalue weighted by molar-refractivity contribution is 7.99. The minimum absolute atomic E-state index is 0.127. The minimum Gasteiger partial charge on any atom is -0.330 e. The van der Waals surface area contributed by atoms with Crippen molar-refractivity contribution in [3.05, 3.63) is 48.0 Å². The van der Waals surface area contributed by atoms with Gasteiger partial charge in [-0.25, -0.2) is 4.98 Å². The molecule has 0 amide bonds. The molecule has 0 saturated carbocycles. The van der Waals surface area contributed by atoms with Gasteiger partial charge >= 0.3 is 0 Å². The molecule has 0 fully saturated rings. The normalized spacial score (nSPS) is 11.8. The highest BCUT2D eigenvalue weighted by atomic mass is 32.2. The van der Waals surface area contributed by atoms with Gasteiger partial charge in [-0.1, -0.05) is 18.2 Å². The molecule has 0 atom stereocenters. The van der Waals surface area contributed by atoms with Crippen LogP contribution in [0.1, 0.15) is 32.3 Å². The number of aryl methyl sites for hydroxylation is 1. The Morgan fingerprint density at radius 2 is 1.90 bits per heavy atom. The van der Waals surface area contributed by atoms with E-state index in [1.54, 1.807) is 0 Å². The number of hydrogen-bond donors (Lipinski definition) is 1. The van der Waals surface area contributed by atoms with E-state index in [0.29, 0.717) is 0 Å². The number of aromatic nitrogens is 2. The average molecular weight is 303 g/mol. The third-order valence-corrected chi connectivity index (χ3v) is 4.26. The lowest BCUT2D eigenvalue weighted by atomic mass is 10.1. The van der Waals surface area contributed by atoms with Crippen molar-refractivity contribution in [1.82, 2.24) is 14.9 Å². The van der Waals surface area contributed by atoms with Crippen molar-refractivity contribution in [2.75, 3.05) is 5.75 Å². The number of rotatable bonds is 6. The van der Waals surface area contributed by atoms with Crippen LogP contribution >= 0.6 is 11.8 Å². The third kappa shape index (κ3) is 5.21. The predicted octanol–water partition coefficient (Wildman–Crippen LogP) is 3.87. The van der Waals surface area contributed by atoms with Gasteiger partial charge in [-0.3, -0.25) is 0 Å². The van der Waals surface area contributed by atoms with E-state index in [1.165, 1.54) is 10.6 Å². The molecule has 1 aromatic heterocycles. The van der Waals surface area contributed by atoms with E-state index < -0.39 is 0 Å². The second-order valence-corrected chi connectivity index (χ2v) is 7.38. The molecular weight excluding hydrogens is 278 g/mol. The first-order valence-electron chi connectivity index (χ1n) is 7.39. The van der Waals surface area contributed by atoms with E-state index in [-0.39, 0.29) is 5.54 Å². The second-order valence-electron chi connectivity index (χ2n) is 6.21. The zero-order chi connectivity index (χ0) is 15.3. The highest BCUT2D eigenvalue weighted by Gasteiger charge is 2.12. The van der Waals surface area contributed by atoms with Gasteiger partial charge in [0.05, 0.1) is 5.69 Å². The second kappa shape index (κ2) is 7.14. The smallest absolute Gasteiger partial charge is 0.105 e. The zero-order valence-corrected chi connectivity index (χ0v) is 14.2. The van der Waals surface area contributed by atoms with Crippen molar-refractivity contribution in [3.8, 4) is 0 Å². The van der Waals surface area contributed by atoms with E-state index in [0.717, 1.165) is 24.7 Å². The van der Waals surface area contributed by atoms with Crippen LogP contribution in [-0.2, 0) is 13.1 Å². The van der Waals surface area contributed by atoms with Crippen LogP contribution < -0.4 is 5.32 Å². The molecule has 1 N–H and O–H groups in total. The van der Waals surface area contributed by atoms with E-state index >= 15 is 0 Å². The summed E-state index contributed by atoms with van der Waals surface area (Å²) in [7, 11) is 0. The van der Waals surface area contributed by atoms with Gasteiger partial charge in [0.15, 0.2) is 0 Å². The van der Waals surface area contributed by atoms with Crippen LogP contribution in [0.2, 0.25) is 0 Å². The lowest BCUT2D eigenvalue weighted by Crippen LogP contribution is -2.35. The first kappa shape index (κ1) is 16.1. The Kier molecular flexibility index (Phi) is 5.48. The largest absolute Gasteiger partial charge is 0.330 e. The first-order valence-corrected chi connectivity index (χ1v) is 8.38. The number of thioether (sulfide) groups is 1. The molecule has 2 aromatic rings. The summed E-state index contributed by atoms with van der Waals surface area (Å²) in [5, 5.41) is 3.53. The summed E-state index contributed by atoms with van der Waals surface area (Å²) in [6.07, 6.45) is 1.99. The molecule has 0 spiro atoms. The molecule has 2 rings (SSSR count). The highest BCUT2D eigenvalue weighted by Crippen LogP contribution is 2.18. The molecule has 1 aromatic carbocycles. The van der Waals surface area contributed by atoms with Crippen LogP contribution in [0.3, 0.4) is 0 Å². The third-order valence-electron chi connectivity index (χ3n) is 3.26. The molecule has 114 valence electrons. The molecule has 0 bridgehead atoms. The van der Waals surface area contributed by atoms with Crippen LogP contribution in [0.25, 0.3) is 0 Å². The van der Waals surface area contributed by atoms with Crippen molar-refractivity contribution >= 4 is 11.8 Å². The summed E-state index contributed by atoms with van der Waals surface area (Å²) in [6.45, 7) is 10.5. The predicted molar refractivity (Wildman–Crippen MR) is 90.7 cm³/mol. The monoisotopic (exact) mass is 303 g/mol. The van der Waals surface area contributed by atoms with Gasteiger partial charge in [-0.05, 0) is 39.8 Å². The summed E-state index contributed by atoms with van der Waals surface area (Å²) in [5.41, 5.74) is 1.39. The van der Waals surface area contributed by atoms with E-state index in [9.17, 15) is 0 Å². The van der Waals surface area contributed by atoms with Crippen molar-refractivity contribution in [2.24, 2.45) is 0 Å². The molecule has 0 unspecified atom stereocenters. The Morgan fingerprint density at radius 1 is 1.19 bits per heavy atom. The summed E-state index contributed by atoms with van der Waals surface area (Å²) < 4.78 is 2.31. The number of benzene rings is 1. The number of nitrogens with one attached hydrogen (secondary N) is 1. The zero-order valence-electron chi connectivity index (χ0n) is 13.4. The standard InChI is InChI=1S/C17H25N3S/c1-14-18-12-15(13-19-17(2,3)4)20(14)10-11-21-16-8-6-5-7-9-16/h5-9,12,19H,10-11,13H2,1-4H3. The number of nitrogens with zero attached hydrogens (tertiary/aromatic N) is 2. The lowest BCUT2D eigenvalue weighted by Gasteiger charge is -2.21. The quantitative estimate of drug-likeness (QED) is 0.822. The molecule has 0 aliphatic rings. The van der Waals surface area contributed by atoms with Gasteiger partial charge in [0, 0.05) is 35.5 Å². The van der Waals surface area contributed by atoms with Crippen LogP contribution in [0.5, 0.6) is 0 Å². The molecule has 0 aliphatic heterocycles. The van der Waals surface area contributed by atoms with Crippen molar-refractivity contribution in [1.29, 1.82) is 0 Å². The fraction of sp³-hybridized carbons (Fsp3) is 0.471. The van der Waals surface area contributed by atoms with Crippen LogP contribution in [0.15, 0.2) is 41.4 Å². The number of hydrogen-bond acceptors (Lipinski definition) is 3. The summed E-state index contributed by atoms with van der Waals surface area (Å²) >= 11 is 1.89. The van der Waals surface area contributed by atoms with E-state index in [2.05, 4.69) is 72.9 Å². The Morgan fingerprint density at radius 3 is 2.57 bits per heavy atom. The summed E-state index contributed by atoms with van der Waals surface area (Å²) in [5.74, 6) is 2.15. The van der Waals surface area contributed by atoms with Crippen LogP contribution in [0, 0.1) is 6.92 Å². The van der Waals surface area contributed by atoms with Gasteiger partial charge in [0.25, 0.3) is 0 Å². The maximum absolute atomic E-state index is 4.46. The Bertz CT molecular complexity index is 555. The molecule has 0 aliphatic carbocycles. The summed E-state index contributed by atoms with van der Waals surface area (Å²) in [4.78, 5) is 5.78. The lowest BCUT2D eigenvalue weighted by molar-refractivity contribution is 0.416. The molecule has 3 nitrogen and oxygen atoms in total. The van der Waals surface area contributed by atoms with Crippen molar-refractivity contribution in [2.45, 2.75) is 51.2 Å². The van der Waals surface area contributed by atoms with E-state index in [4.69, 9.17) is 0 Å². The van der Waals surface area contributed by atoms with Gasteiger partial charge in [0.1, 0.15) is 5.82 Å². The van der Waals surface area contributed by atoms with E-state index in [1.807, 2.05) is 18.0 Å². The number of imidazole rings is 1. The van der Waals surface area contributed by atoms with Gasteiger partial charge < -0.3 is 9.88 Å². The topological polar surface area (TPSA) is 29.9 Å². The molecule has 0 saturated heterocycles. The Labute approximate surface area is 132 Å². The molecule has 0 radical (unpaired) electrons. The van der Waals surface area contributed by atoms with Crippen molar-refractivity contribution in [3.63, 3.8) is 0 Å². The maximum atomic E-state index is 4.46. The van der Waals surface area contributed by atoms with Gasteiger partial charge in [-0.15, -0.1) is 11.8 Å². The van der Waals surface area contributed by atoms with Crippen LogP contribution in [-0.4, -0.2) is 20.8 Å². The fourth-order valence-electron chi connectivity index (χ4n) is 2.09. The van der Waals surface area contributed by atoms with Crippen LogP contribution in [0.4, 0.5) is 0 Å². The summed E-state index contributed by atoms with van der Waals surface area (Å²) in [6, 6.07) is 10.5. The molecule has 21 heavy (non-hydrogen) atoms. The molecule has 4 heteroatoms. The maximum Gasteiger partial charge on any atom is 0.105 e. The van der Waals surface area contributed by atoms with Crippen molar-refractivity contribution < 1.29 is 0 Å². The molecular formula is C17H25N3S. The van der Waals surface area contributed by atoms with Gasteiger partial charge in [-0.2, -0.15) is 0 Å². The Balaban J connectivity index is 1.92. The SMILES string of the molecule is Cc1ncc(CNC(C)(C)C)n1CCSc1ccccc1. The first-order chi connectivity index (χ1) is 9.96. The minimum atomic E-state index is 0.127. The Hall–Kier alpha value is -1.26.